The zero-order chi connectivity index (χ0) is 6.97. The van der Waals surface area contributed by atoms with E-state index in [-0.39, 0.29) is 0 Å². The molecule has 0 aromatic heterocycles. The fraction of sp³-hybridized carbons (Fsp3) is 0.200. The van der Waals surface area contributed by atoms with Gasteiger partial charge in [-0.05, 0) is 29.3 Å². The van der Waals surface area contributed by atoms with Gasteiger partial charge in [-0.1, -0.05) is 30.4 Å². The molecule has 0 saturated carbocycles. The standard InChI is InChI=1S/C10H10/c1-8-4-2-5-9-6-3-7-10(8)9/h2,4-7H,3H2,1H3. The molecule has 0 radical (unpaired) electrons. The molecule has 1 aliphatic rings. The Labute approximate surface area is 60.5 Å². The second-order valence-corrected chi connectivity index (χ2v) is 2.72. The molecule has 0 heteroatoms. The van der Waals surface area contributed by atoms with Crippen molar-refractivity contribution in [3.05, 3.63) is 34.2 Å². The lowest BCUT2D eigenvalue weighted by Gasteiger charge is -1.89. The minimum Gasteiger partial charge on any atom is -0.0728 e. The molecule has 2 rings (SSSR count). The molecule has 0 amide bonds. The fourth-order valence-corrected chi connectivity index (χ4v) is 1.46. The van der Waals surface area contributed by atoms with Crippen molar-refractivity contribution in [2.45, 2.75) is 13.3 Å². The monoisotopic (exact) mass is 130 g/mol. The van der Waals surface area contributed by atoms with Gasteiger partial charge in [0.15, 0.2) is 0 Å². The lowest BCUT2D eigenvalue weighted by Crippen LogP contribution is -2.23. The van der Waals surface area contributed by atoms with Crippen LogP contribution in [0.4, 0.5) is 0 Å². The highest BCUT2D eigenvalue weighted by molar-refractivity contribution is 5.48. The maximum Gasteiger partial charge on any atom is -0.0151 e. The van der Waals surface area contributed by atoms with Gasteiger partial charge in [-0.15, -0.1) is 0 Å². The van der Waals surface area contributed by atoms with Crippen LogP contribution in [-0.2, 0) is 0 Å². The molecule has 0 nitrogen and oxygen atoms in total. The van der Waals surface area contributed by atoms with Crippen molar-refractivity contribution >= 4 is 12.2 Å². The SMILES string of the molecule is Cc1cccc2c1=CCC=2. The minimum atomic E-state index is 1.11. The number of rotatable bonds is 0. The van der Waals surface area contributed by atoms with E-state index >= 15 is 0 Å². The van der Waals surface area contributed by atoms with Gasteiger partial charge in [0.05, 0.1) is 0 Å². The van der Waals surface area contributed by atoms with E-state index in [1.54, 1.807) is 0 Å². The van der Waals surface area contributed by atoms with Crippen molar-refractivity contribution in [1.82, 2.24) is 0 Å². The summed E-state index contributed by atoms with van der Waals surface area (Å²) in [6, 6.07) is 6.45. The fourth-order valence-electron chi connectivity index (χ4n) is 1.46. The van der Waals surface area contributed by atoms with Crippen LogP contribution in [0.25, 0.3) is 12.2 Å². The number of fused-ring (bicyclic) bond motifs is 1. The summed E-state index contributed by atoms with van der Waals surface area (Å²) in [5, 5.41) is 2.84. The molecule has 0 unspecified atom stereocenters. The van der Waals surface area contributed by atoms with E-state index in [0.29, 0.717) is 0 Å². The summed E-state index contributed by atoms with van der Waals surface area (Å²) in [6.45, 7) is 2.16. The van der Waals surface area contributed by atoms with Crippen LogP contribution in [-0.4, -0.2) is 0 Å². The van der Waals surface area contributed by atoms with Crippen LogP contribution in [0.1, 0.15) is 12.0 Å². The molecule has 0 saturated heterocycles. The van der Waals surface area contributed by atoms with Crippen molar-refractivity contribution in [2.75, 3.05) is 0 Å². The predicted molar refractivity (Wildman–Crippen MR) is 44.0 cm³/mol. The van der Waals surface area contributed by atoms with Crippen molar-refractivity contribution in [3.63, 3.8) is 0 Å². The van der Waals surface area contributed by atoms with Crippen LogP contribution in [0.15, 0.2) is 18.2 Å². The van der Waals surface area contributed by atoms with Crippen molar-refractivity contribution in [2.24, 2.45) is 0 Å². The van der Waals surface area contributed by atoms with Gasteiger partial charge in [0.2, 0.25) is 0 Å². The Hall–Kier alpha value is -1.04. The van der Waals surface area contributed by atoms with Crippen molar-refractivity contribution in [1.29, 1.82) is 0 Å². The Morgan fingerprint density at radius 3 is 2.90 bits per heavy atom. The topological polar surface area (TPSA) is 0 Å². The molecule has 0 heterocycles. The largest absolute Gasteiger partial charge is 0.0728 e. The van der Waals surface area contributed by atoms with E-state index in [1.165, 1.54) is 16.0 Å². The Morgan fingerprint density at radius 2 is 2.10 bits per heavy atom. The van der Waals surface area contributed by atoms with Gasteiger partial charge in [-0.3, -0.25) is 0 Å². The third-order valence-corrected chi connectivity index (χ3v) is 2.02. The van der Waals surface area contributed by atoms with Crippen LogP contribution in [0.2, 0.25) is 0 Å². The molecular weight excluding hydrogens is 120 g/mol. The molecule has 0 spiro atoms. The highest BCUT2D eigenvalue weighted by atomic mass is 14.0. The quantitative estimate of drug-likeness (QED) is 0.490. The highest BCUT2D eigenvalue weighted by Gasteiger charge is 1.93. The van der Waals surface area contributed by atoms with E-state index in [1.807, 2.05) is 0 Å². The first kappa shape index (κ1) is 5.72. The number of aryl methyl sites for hydroxylation is 1. The van der Waals surface area contributed by atoms with Gasteiger partial charge in [-0.2, -0.15) is 0 Å². The summed E-state index contributed by atoms with van der Waals surface area (Å²) in [5.41, 5.74) is 1.39. The van der Waals surface area contributed by atoms with E-state index < -0.39 is 0 Å². The Balaban J connectivity index is 2.97. The van der Waals surface area contributed by atoms with Crippen LogP contribution in [0.3, 0.4) is 0 Å². The Bertz CT molecular complexity index is 358. The molecule has 1 aromatic rings. The molecule has 0 fully saturated rings. The smallest absolute Gasteiger partial charge is 0.0151 e. The molecular formula is C10H10. The summed E-state index contributed by atoms with van der Waals surface area (Å²) in [6.07, 6.45) is 5.66. The van der Waals surface area contributed by atoms with Crippen LogP contribution < -0.4 is 10.4 Å². The average Bonchev–Trinajstić information content (AvgIpc) is 2.36. The van der Waals surface area contributed by atoms with E-state index in [4.69, 9.17) is 0 Å². The highest BCUT2D eigenvalue weighted by Crippen LogP contribution is 1.92. The first-order valence-electron chi connectivity index (χ1n) is 3.64. The van der Waals surface area contributed by atoms with Gasteiger partial charge < -0.3 is 0 Å². The minimum absolute atomic E-state index is 1.11. The molecule has 0 bridgehead atoms. The summed E-state index contributed by atoms with van der Waals surface area (Å²) >= 11 is 0. The third-order valence-electron chi connectivity index (χ3n) is 2.02. The summed E-state index contributed by atoms with van der Waals surface area (Å²) in [4.78, 5) is 0. The zero-order valence-electron chi connectivity index (χ0n) is 6.09. The maximum atomic E-state index is 2.28. The molecule has 1 aromatic carbocycles. The van der Waals surface area contributed by atoms with E-state index in [9.17, 15) is 0 Å². The molecule has 0 atom stereocenters. The normalized spacial score (nSPS) is 13.7. The van der Waals surface area contributed by atoms with E-state index in [2.05, 4.69) is 37.3 Å². The molecule has 0 aliphatic heterocycles. The maximum absolute atomic E-state index is 2.28. The summed E-state index contributed by atoms with van der Waals surface area (Å²) in [5.74, 6) is 0. The number of hydrogen-bond acceptors (Lipinski definition) is 0. The molecule has 10 heavy (non-hydrogen) atoms. The average molecular weight is 130 g/mol. The second-order valence-electron chi connectivity index (χ2n) is 2.72. The number of benzene rings is 1. The van der Waals surface area contributed by atoms with Crippen molar-refractivity contribution < 1.29 is 0 Å². The summed E-state index contributed by atoms with van der Waals surface area (Å²) in [7, 11) is 0. The van der Waals surface area contributed by atoms with Crippen LogP contribution in [0.5, 0.6) is 0 Å². The lowest BCUT2D eigenvalue weighted by atomic mass is 10.2. The zero-order valence-corrected chi connectivity index (χ0v) is 6.09. The van der Waals surface area contributed by atoms with Gasteiger partial charge in [0, 0.05) is 0 Å². The number of hydrogen-bond donors (Lipinski definition) is 0. The van der Waals surface area contributed by atoms with Gasteiger partial charge in [0.1, 0.15) is 0 Å². The predicted octanol–water partition coefficient (Wildman–Crippen LogP) is 0.960. The van der Waals surface area contributed by atoms with Crippen LogP contribution >= 0.6 is 0 Å². The first-order valence-corrected chi connectivity index (χ1v) is 3.64. The third kappa shape index (κ3) is 0.688. The summed E-state index contributed by atoms with van der Waals surface area (Å²) < 4.78 is 0. The van der Waals surface area contributed by atoms with Crippen LogP contribution in [0, 0.1) is 6.92 Å². The van der Waals surface area contributed by atoms with Gasteiger partial charge in [0.25, 0.3) is 0 Å². The van der Waals surface area contributed by atoms with Gasteiger partial charge in [-0.25, -0.2) is 0 Å². The molecule has 50 valence electrons. The van der Waals surface area contributed by atoms with Gasteiger partial charge >= 0.3 is 0 Å². The Kier molecular flexibility index (Phi) is 1.13. The Morgan fingerprint density at radius 1 is 1.20 bits per heavy atom. The molecule has 1 aliphatic carbocycles. The van der Waals surface area contributed by atoms with Crippen molar-refractivity contribution in [3.8, 4) is 0 Å². The van der Waals surface area contributed by atoms with E-state index in [0.717, 1.165) is 6.42 Å². The molecule has 0 N–H and O–H groups in total. The second kappa shape index (κ2) is 1.98. The lowest BCUT2D eigenvalue weighted by molar-refractivity contribution is 1.38. The first-order chi connectivity index (χ1) is 4.88.